The molecule has 0 unspecified atom stereocenters. The summed E-state index contributed by atoms with van der Waals surface area (Å²) in [5.74, 6) is 3.32. The van der Waals surface area contributed by atoms with Gasteiger partial charge in [0.2, 0.25) is 0 Å². The van der Waals surface area contributed by atoms with Crippen molar-refractivity contribution in [2.24, 2.45) is 7.05 Å². The lowest BCUT2D eigenvalue weighted by Crippen LogP contribution is -1.78. The van der Waals surface area contributed by atoms with Crippen molar-refractivity contribution in [2.45, 2.75) is 5.03 Å². The first kappa shape index (κ1) is 6.35. The molecule has 4 heteroatoms. The fourth-order valence-corrected chi connectivity index (χ4v) is 0.955. The second-order valence-corrected chi connectivity index (χ2v) is 2.83. The molecule has 1 rings (SSSR count). The summed E-state index contributed by atoms with van der Waals surface area (Å²) >= 11 is 0. The van der Waals surface area contributed by atoms with Gasteiger partial charge < -0.3 is 8.78 Å². The van der Waals surface area contributed by atoms with Gasteiger partial charge in [0, 0.05) is 13.2 Å². The van der Waals surface area contributed by atoms with E-state index in [0.717, 1.165) is 0 Å². The highest BCUT2D eigenvalue weighted by Gasteiger charge is 1.81. The van der Waals surface area contributed by atoms with Gasteiger partial charge in [-0.3, -0.25) is 4.98 Å². The van der Waals surface area contributed by atoms with Crippen LogP contribution >= 0.6 is 0 Å². The van der Waals surface area contributed by atoms with Gasteiger partial charge in [0.25, 0.3) is 0 Å². The Labute approximate surface area is 55.4 Å². The first-order valence-electron chi connectivity index (χ1n) is 2.39. The van der Waals surface area contributed by atoms with E-state index in [1.165, 1.54) is 0 Å². The van der Waals surface area contributed by atoms with Crippen molar-refractivity contribution < 1.29 is 4.21 Å². The fourth-order valence-electron chi connectivity index (χ4n) is 0.506. The van der Waals surface area contributed by atoms with Crippen LogP contribution in [-0.4, -0.2) is 15.4 Å². The molecule has 0 bridgehead atoms. The van der Waals surface area contributed by atoms with Crippen LogP contribution in [0.15, 0.2) is 17.6 Å². The second-order valence-electron chi connectivity index (χ2n) is 1.72. The lowest BCUT2D eigenvalue weighted by molar-refractivity contribution is 0.602. The van der Waals surface area contributed by atoms with Gasteiger partial charge in [0.1, 0.15) is 0 Å². The maximum atomic E-state index is 10.6. The molecule has 0 aliphatic carbocycles. The fraction of sp³-hybridized carbons (Fsp3) is 0.200. The predicted molar refractivity (Wildman–Crippen MR) is 36.6 cm³/mol. The second kappa shape index (κ2) is 2.23. The molecule has 0 radical (unpaired) electrons. The SMILES string of the molecule is C=[S-](=O)c1cn(C)cn1. The molecule has 0 aliphatic rings. The number of hydrogen-bond acceptors (Lipinski definition) is 3. The Bertz CT molecular complexity index is 266. The molecule has 0 N–H and O–H groups in total. The van der Waals surface area contributed by atoms with Crippen LogP contribution in [0.4, 0.5) is 0 Å². The highest BCUT2D eigenvalue weighted by Crippen LogP contribution is 1.93. The van der Waals surface area contributed by atoms with Gasteiger partial charge in [-0.25, -0.2) is 10.4 Å². The largest absolute Gasteiger partial charge is 0.456 e. The minimum Gasteiger partial charge on any atom is -0.456 e. The molecule has 0 aliphatic heterocycles. The van der Waals surface area contributed by atoms with Crippen LogP contribution in [0.1, 0.15) is 0 Å². The van der Waals surface area contributed by atoms with E-state index in [-0.39, 0.29) is 0 Å². The maximum Gasteiger partial charge on any atom is 0.0924 e. The van der Waals surface area contributed by atoms with Crippen LogP contribution in [-0.2, 0) is 21.6 Å². The maximum absolute atomic E-state index is 10.6. The summed E-state index contributed by atoms with van der Waals surface area (Å²) in [5.41, 5.74) is 0. The molecule has 0 saturated heterocycles. The van der Waals surface area contributed by atoms with E-state index in [4.69, 9.17) is 0 Å². The third-order valence-electron chi connectivity index (χ3n) is 0.914. The van der Waals surface area contributed by atoms with Gasteiger partial charge in [0.15, 0.2) is 0 Å². The normalized spacial score (nSPS) is 10.4. The zero-order chi connectivity index (χ0) is 6.85. The quantitative estimate of drug-likeness (QED) is 0.415. The van der Waals surface area contributed by atoms with E-state index >= 15 is 0 Å². The zero-order valence-electron chi connectivity index (χ0n) is 5.07. The molecule has 0 fully saturated rings. The van der Waals surface area contributed by atoms with E-state index in [9.17, 15) is 4.21 Å². The number of imidazole rings is 1. The van der Waals surface area contributed by atoms with E-state index in [0.29, 0.717) is 5.03 Å². The topological polar surface area (TPSA) is 34.9 Å². The van der Waals surface area contributed by atoms with E-state index < -0.39 is 10.4 Å². The van der Waals surface area contributed by atoms with Crippen LogP contribution in [0.25, 0.3) is 0 Å². The van der Waals surface area contributed by atoms with Gasteiger partial charge in [-0.2, -0.15) is 5.87 Å². The summed E-state index contributed by atoms with van der Waals surface area (Å²) in [7, 11) is 0.633. The number of rotatable bonds is 1. The van der Waals surface area contributed by atoms with Crippen LogP contribution in [0, 0.1) is 0 Å². The Morgan fingerprint density at radius 1 is 1.89 bits per heavy atom. The molecule has 3 nitrogen and oxygen atoms in total. The number of hydrogen-bond donors (Lipinski definition) is 0. The molecule has 0 aromatic carbocycles. The average molecular weight is 143 g/mol. The highest BCUT2D eigenvalue weighted by molar-refractivity contribution is 7.82. The third kappa shape index (κ3) is 1.32. The van der Waals surface area contributed by atoms with Crippen LogP contribution in [0.2, 0.25) is 0 Å². The molecule has 1 heterocycles. The van der Waals surface area contributed by atoms with Gasteiger partial charge in [0.05, 0.1) is 6.33 Å². The lowest BCUT2D eigenvalue weighted by atomic mass is 10.9. The Hall–Kier alpha value is -0.770. The third-order valence-corrected chi connectivity index (χ3v) is 1.59. The molecule has 0 amide bonds. The Balaban J connectivity index is 3.12. The first-order valence-corrected chi connectivity index (χ1v) is 3.71. The van der Waals surface area contributed by atoms with Crippen molar-refractivity contribution in [3.05, 3.63) is 12.5 Å². The van der Waals surface area contributed by atoms with E-state index in [1.807, 2.05) is 7.05 Å². The lowest BCUT2D eigenvalue weighted by Gasteiger charge is -1.90. The monoisotopic (exact) mass is 143 g/mol. The summed E-state index contributed by atoms with van der Waals surface area (Å²) in [5, 5.41) is 0.525. The summed E-state index contributed by atoms with van der Waals surface area (Å²) in [6, 6.07) is 0. The van der Waals surface area contributed by atoms with Gasteiger partial charge in [-0.1, -0.05) is 0 Å². The van der Waals surface area contributed by atoms with Gasteiger partial charge >= 0.3 is 0 Å². The number of nitrogens with zero attached hydrogens (tertiary/aromatic N) is 2. The van der Waals surface area contributed by atoms with Crippen molar-refractivity contribution in [2.75, 3.05) is 0 Å². The van der Waals surface area contributed by atoms with Crippen LogP contribution < -0.4 is 0 Å². The molecule has 9 heavy (non-hydrogen) atoms. The minimum absolute atomic E-state index is 0.525. The van der Waals surface area contributed by atoms with Gasteiger partial charge in [-0.05, 0) is 5.03 Å². The molecule has 0 atom stereocenters. The predicted octanol–water partition coefficient (Wildman–Crippen LogP) is 0.175. The number of aromatic nitrogens is 2. The van der Waals surface area contributed by atoms with Crippen LogP contribution in [0.3, 0.4) is 0 Å². The van der Waals surface area contributed by atoms with E-state index in [1.54, 1.807) is 17.1 Å². The molecule has 1 aromatic rings. The van der Waals surface area contributed by atoms with Crippen molar-refractivity contribution in [3.63, 3.8) is 0 Å². The van der Waals surface area contributed by atoms with Gasteiger partial charge in [-0.15, -0.1) is 0 Å². The Morgan fingerprint density at radius 2 is 2.56 bits per heavy atom. The summed E-state index contributed by atoms with van der Waals surface area (Å²) < 4.78 is 12.3. The summed E-state index contributed by atoms with van der Waals surface area (Å²) in [6.07, 6.45) is 3.28. The Kier molecular flexibility index (Phi) is 1.57. The molecule has 50 valence electrons. The molecular formula is C5H7N2OS-. The number of aryl methyl sites for hydroxylation is 1. The zero-order valence-corrected chi connectivity index (χ0v) is 5.89. The summed E-state index contributed by atoms with van der Waals surface area (Å²) in [6.45, 7) is 0. The van der Waals surface area contributed by atoms with Crippen molar-refractivity contribution >= 4 is 16.3 Å². The summed E-state index contributed by atoms with van der Waals surface area (Å²) in [4.78, 5) is 3.82. The average Bonchev–Trinajstić information content (AvgIpc) is 2.14. The van der Waals surface area contributed by atoms with Crippen LogP contribution in [0.5, 0.6) is 0 Å². The van der Waals surface area contributed by atoms with Crippen molar-refractivity contribution in [1.82, 2.24) is 9.55 Å². The highest BCUT2D eigenvalue weighted by atomic mass is 32.2. The van der Waals surface area contributed by atoms with E-state index in [2.05, 4.69) is 10.9 Å². The molecular weight excluding hydrogens is 136 g/mol. The molecule has 0 saturated carbocycles. The molecule has 0 spiro atoms. The Morgan fingerprint density at radius 3 is 2.78 bits per heavy atom. The molecule has 1 aromatic heterocycles. The smallest absolute Gasteiger partial charge is 0.0924 e. The van der Waals surface area contributed by atoms with Crippen molar-refractivity contribution in [1.29, 1.82) is 0 Å². The standard InChI is InChI=1S/C5H7N2OS/c1-7-3-5(6-4-7)9(2)8/h3-4H,2H2,1H3/q-1. The van der Waals surface area contributed by atoms with Crippen molar-refractivity contribution in [3.8, 4) is 0 Å². The first-order chi connectivity index (χ1) is 4.20. The minimum atomic E-state index is -1.19.